The van der Waals surface area contributed by atoms with Crippen molar-refractivity contribution in [3.8, 4) is 23.1 Å². The topological polar surface area (TPSA) is 78.9 Å². The van der Waals surface area contributed by atoms with Crippen LogP contribution in [-0.2, 0) is 0 Å². The van der Waals surface area contributed by atoms with E-state index in [2.05, 4.69) is 21.0 Å². The van der Waals surface area contributed by atoms with Gasteiger partial charge in [-0.25, -0.2) is 4.98 Å². The first kappa shape index (κ1) is 23.1. The summed E-state index contributed by atoms with van der Waals surface area (Å²) >= 11 is 9.76. The van der Waals surface area contributed by atoms with Crippen LogP contribution in [0, 0.1) is 0 Å². The normalized spacial score (nSPS) is 11.5. The number of halogens is 2. The van der Waals surface area contributed by atoms with E-state index in [1.807, 2.05) is 37.3 Å². The van der Waals surface area contributed by atoms with Gasteiger partial charge in [-0.15, -0.1) is 0 Å². The second kappa shape index (κ2) is 9.56. The molecule has 0 bridgehead atoms. The van der Waals surface area contributed by atoms with Crippen molar-refractivity contribution in [3.63, 3.8) is 0 Å². The number of benzene rings is 3. The van der Waals surface area contributed by atoms with E-state index >= 15 is 0 Å². The van der Waals surface area contributed by atoms with E-state index in [1.165, 1.54) is 18.0 Å². The Kier molecular flexibility index (Phi) is 6.32. The molecular formula is C26H19BrClN3O4. The lowest BCUT2D eigenvalue weighted by Gasteiger charge is -2.13. The van der Waals surface area contributed by atoms with E-state index in [1.54, 1.807) is 30.3 Å². The fourth-order valence-electron chi connectivity index (χ4n) is 3.77. The molecule has 0 fully saturated rings. The summed E-state index contributed by atoms with van der Waals surface area (Å²) in [6.07, 6.45) is 1.50. The van der Waals surface area contributed by atoms with Crippen LogP contribution in [0.3, 0.4) is 0 Å². The molecule has 0 saturated heterocycles. The van der Waals surface area contributed by atoms with Crippen LogP contribution in [0.5, 0.6) is 11.5 Å². The van der Waals surface area contributed by atoms with Crippen LogP contribution in [0.15, 0.2) is 79.4 Å². The molecule has 0 unspecified atom stereocenters. The maximum absolute atomic E-state index is 13.5. The number of rotatable bonds is 6. The zero-order valence-corrected chi connectivity index (χ0v) is 21.1. The van der Waals surface area contributed by atoms with E-state index in [0.29, 0.717) is 50.9 Å². The number of nitrogens with zero attached hydrogens (tertiary/aromatic N) is 3. The maximum atomic E-state index is 13.5. The standard InChI is InChI=1S/C26H19BrClN3O4/c1-3-34-24-16(11-18(28)13-22(24)33-2)14-29-31-25(30-20-7-5-4-6-19(20)26(31)32)23-12-15-10-17(27)8-9-21(15)35-23/h4-14H,3H2,1-2H3. The lowest BCUT2D eigenvalue weighted by atomic mass is 10.2. The van der Waals surface area contributed by atoms with Crippen LogP contribution in [0.2, 0.25) is 5.02 Å². The van der Waals surface area contributed by atoms with Gasteiger partial charge >= 0.3 is 0 Å². The molecule has 0 aliphatic rings. The van der Waals surface area contributed by atoms with Crippen molar-refractivity contribution in [2.75, 3.05) is 13.7 Å². The number of methoxy groups -OCH3 is 1. The fourth-order valence-corrected chi connectivity index (χ4v) is 4.37. The molecule has 0 atom stereocenters. The average Bonchev–Trinajstić information content (AvgIpc) is 3.27. The third kappa shape index (κ3) is 4.42. The molecule has 176 valence electrons. The second-order valence-corrected chi connectivity index (χ2v) is 8.92. The maximum Gasteiger partial charge on any atom is 0.282 e. The highest BCUT2D eigenvalue weighted by atomic mass is 79.9. The number of ether oxygens (including phenoxy) is 2. The van der Waals surface area contributed by atoms with Crippen LogP contribution >= 0.6 is 27.5 Å². The van der Waals surface area contributed by atoms with Gasteiger partial charge in [0, 0.05) is 26.5 Å². The second-order valence-electron chi connectivity index (χ2n) is 7.57. The summed E-state index contributed by atoms with van der Waals surface area (Å²) in [6, 6.07) is 18.0. The minimum atomic E-state index is -0.338. The molecule has 0 aliphatic heterocycles. The molecule has 7 nitrogen and oxygen atoms in total. The average molecular weight is 553 g/mol. The van der Waals surface area contributed by atoms with Crippen molar-refractivity contribution < 1.29 is 13.9 Å². The third-order valence-electron chi connectivity index (χ3n) is 5.32. The Balaban J connectivity index is 1.73. The summed E-state index contributed by atoms with van der Waals surface area (Å²) in [4.78, 5) is 18.2. The number of fused-ring (bicyclic) bond motifs is 2. The van der Waals surface area contributed by atoms with Crippen LogP contribution in [0.4, 0.5) is 0 Å². The lowest BCUT2D eigenvalue weighted by molar-refractivity contribution is 0.310. The zero-order valence-electron chi connectivity index (χ0n) is 18.8. The zero-order chi connectivity index (χ0) is 24.5. The highest BCUT2D eigenvalue weighted by molar-refractivity contribution is 9.10. The van der Waals surface area contributed by atoms with Crippen molar-refractivity contribution >= 4 is 55.6 Å². The molecule has 0 radical (unpaired) electrons. The van der Waals surface area contributed by atoms with E-state index in [-0.39, 0.29) is 11.4 Å². The van der Waals surface area contributed by atoms with Crippen molar-refractivity contribution in [1.82, 2.24) is 9.66 Å². The van der Waals surface area contributed by atoms with Crippen molar-refractivity contribution in [3.05, 3.63) is 86.1 Å². The first-order chi connectivity index (χ1) is 17.0. The molecule has 0 spiro atoms. The first-order valence-electron chi connectivity index (χ1n) is 10.7. The molecule has 2 aromatic heterocycles. The summed E-state index contributed by atoms with van der Waals surface area (Å²) in [5.74, 6) is 1.61. The van der Waals surface area contributed by atoms with Gasteiger partial charge in [-0.1, -0.05) is 39.7 Å². The van der Waals surface area contributed by atoms with Crippen molar-refractivity contribution in [1.29, 1.82) is 0 Å². The Labute approximate surface area is 213 Å². The Morgan fingerprint density at radius 2 is 2.00 bits per heavy atom. The number of furan rings is 1. The molecule has 0 N–H and O–H groups in total. The third-order valence-corrected chi connectivity index (χ3v) is 6.03. The van der Waals surface area contributed by atoms with Gasteiger partial charge in [0.05, 0.1) is 30.8 Å². The SMILES string of the molecule is CCOc1c(C=Nn2c(-c3cc4cc(Br)ccc4o3)nc3ccccc3c2=O)cc(Cl)cc1OC. The molecule has 5 aromatic rings. The molecule has 35 heavy (non-hydrogen) atoms. The van der Waals surface area contributed by atoms with Crippen molar-refractivity contribution in [2.24, 2.45) is 5.10 Å². The van der Waals surface area contributed by atoms with Crippen LogP contribution < -0.4 is 15.0 Å². The number of para-hydroxylation sites is 1. The summed E-state index contributed by atoms with van der Waals surface area (Å²) in [7, 11) is 1.53. The summed E-state index contributed by atoms with van der Waals surface area (Å²) in [6.45, 7) is 2.28. The van der Waals surface area contributed by atoms with Gasteiger partial charge in [0.2, 0.25) is 5.82 Å². The number of hydrogen-bond acceptors (Lipinski definition) is 6. The van der Waals surface area contributed by atoms with Crippen LogP contribution in [0.1, 0.15) is 12.5 Å². The fraction of sp³-hybridized carbons (Fsp3) is 0.115. The number of hydrogen-bond donors (Lipinski definition) is 0. The minimum Gasteiger partial charge on any atom is -0.493 e. The summed E-state index contributed by atoms with van der Waals surface area (Å²) < 4.78 is 19.4. The highest BCUT2D eigenvalue weighted by Gasteiger charge is 2.17. The Morgan fingerprint density at radius 3 is 2.80 bits per heavy atom. The van der Waals surface area contributed by atoms with Gasteiger partial charge in [0.15, 0.2) is 17.3 Å². The molecule has 3 aromatic carbocycles. The molecule has 9 heteroatoms. The van der Waals surface area contributed by atoms with E-state index in [4.69, 9.17) is 30.5 Å². The van der Waals surface area contributed by atoms with E-state index < -0.39 is 0 Å². The lowest BCUT2D eigenvalue weighted by Crippen LogP contribution is -2.20. The quantitative estimate of drug-likeness (QED) is 0.224. The smallest absolute Gasteiger partial charge is 0.282 e. The van der Waals surface area contributed by atoms with Gasteiger partial charge in [-0.05, 0) is 49.4 Å². The Morgan fingerprint density at radius 1 is 1.17 bits per heavy atom. The highest BCUT2D eigenvalue weighted by Crippen LogP contribution is 2.34. The molecular weight excluding hydrogens is 534 g/mol. The van der Waals surface area contributed by atoms with Gasteiger partial charge in [-0.2, -0.15) is 9.78 Å². The molecule has 5 rings (SSSR count). The molecule has 0 saturated carbocycles. The number of aromatic nitrogens is 2. The Bertz CT molecular complexity index is 1660. The Hall–Kier alpha value is -3.62. The summed E-state index contributed by atoms with van der Waals surface area (Å²) in [5.41, 5.74) is 1.42. The van der Waals surface area contributed by atoms with E-state index in [0.717, 1.165) is 9.86 Å². The van der Waals surface area contributed by atoms with Crippen molar-refractivity contribution in [2.45, 2.75) is 6.92 Å². The van der Waals surface area contributed by atoms with E-state index in [9.17, 15) is 4.79 Å². The minimum absolute atomic E-state index is 0.268. The largest absolute Gasteiger partial charge is 0.493 e. The van der Waals surface area contributed by atoms with Crippen LogP contribution in [0.25, 0.3) is 33.5 Å². The van der Waals surface area contributed by atoms with Crippen LogP contribution in [-0.4, -0.2) is 29.6 Å². The van der Waals surface area contributed by atoms with Gasteiger partial charge in [0.25, 0.3) is 5.56 Å². The monoisotopic (exact) mass is 551 g/mol. The first-order valence-corrected chi connectivity index (χ1v) is 11.9. The van der Waals surface area contributed by atoms with Gasteiger partial charge in [-0.3, -0.25) is 4.79 Å². The predicted octanol–water partition coefficient (Wildman–Crippen LogP) is 6.52. The molecule has 0 amide bonds. The van der Waals surface area contributed by atoms with Gasteiger partial charge < -0.3 is 13.9 Å². The molecule has 2 heterocycles. The predicted molar refractivity (Wildman–Crippen MR) is 141 cm³/mol. The molecule has 0 aliphatic carbocycles. The summed E-state index contributed by atoms with van der Waals surface area (Å²) in [5, 5.41) is 6.24. The van der Waals surface area contributed by atoms with Gasteiger partial charge in [0.1, 0.15) is 5.58 Å².